The number of ether oxygens (including phenoxy) is 2. The molecule has 178 valence electrons. The second-order valence-corrected chi connectivity index (χ2v) is 8.61. The first-order valence-corrected chi connectivity index (χ1v) is 12.0. The normalized spacial score (nSPS) is 10.8. The Morgan fingerprint density at radius 2 is 1.14 bits per heavy atom. The van der Waals surface area contributed by atoms with Crippen molar-refractivity contribution in [3.8, 4) is 11.5 Å². The van der Waals surface area contributed by atoms with Gasteiger partial charge >= 0.3 is 11.9 Å². The Labute approximate surface area is 205 Å². The summed E-state index contributed by atoms with van der Waals surface area (Å²) in [7, 11) is 0. The molecule has 0 aliphatic rings. The first kappa shape index (κ1) is 24.1. The fraction of sp³-hybridized carbons (Fsp3) is 0.233. The molecule has 0 radical (unpaired) electrons. The number of benzene rings is 3. The van der Waals surface area contributed by atoms with E-state index in [-0.39, 0.29) is 0 Å². The molecular formula is C30H29NO4. The van der Waals surface area contributed by atoms with Gasteiger partial charge in [0.05, 0.1) is 11.1 Å². The van der Waals surface area contributed by atoms with Crippen LogP contribution in [0.15, 0.2) is 72.9 Å². The van der Waals surface area contributed by atoms with Crippen LogP contribution in [0.25, 0.3) is 10.8 Å². The lowest BCUT2D eigenvalue weighted by molar-refractivity contribution is 0.0723. The fourth-order valence-electron chi connectivity index (χ4n) is 3.98. The smallest absolute Gasteiger partial charge is 0.343 e. The number of aromatic nitrogens is 1. The average Bonchev–Trinajstić information content (AvgIpc) is 2.86. The third kappa shape index (κ3) is 5.75. The Bertz CT molecular complexity index is 1340. The second-order valence-electron chi connectivity index (χ2n) is 8.61. The van der Waals surface area contributed by atoms with Gasteiger partial charge in [0.1, 0.15) is 11.5 Å². The highest BCUT2D eigenvalue weighted by molar-refractivity contribution is 5.99. The van der Waals surface area contributed by atoms with Crippen molar-refractivity contribution in [1.82, 2.24) is 4.98 Å². The maximum atomic E-state index is 12.8. The molecule has 0 N–H and O–H groups in total. The van der Waals surface area contributed by atoms with E-state index in [2.05, 4.69) is 18.8 Å². The molecule has 0 unspecified atom stereocenters. The molecule has 35 heavy (non-hydrogen) atoms. The van der Waals surface area contributed by atoms with Crippen molar-refractivity contribution in [3.05, 3.63) is 101 Å². The fourth-order valence-corrected chi connectivity index (χ4v) is 3.98. The zero-order valence-electron chi connectivity index (χ0n) is 20.3. The molecule has 0 atom stereocenters. The van der Waals surface area contributed by atoms with Crippen molar-refractivity contribution in [1.29, 1.82) is 0 Å². The van der Waals surface area contributed by atoms with Crippen LogP contribution in [0.4, 0.5) is 0 Å². The molecular weight excluding hydrogens is 438 g/mol. The molecule has 1 heterocycles. The monoisotopic (exact) mass is 467 g/mol. The molecule has 0 saturated heterocycles. The Morgan fingerprint density at radius 3 is 1.60 bits per heavy atom. The minimum atomic E-state index is -0.452. The quantitative estimate of drug-likeness (QED) is 0.209. The lowest BCUT2D eigenvalue weighted by Gasteiger charge is -2.13. The average molecular weight is 468 g/mol. The van der Waals surface area contributed by atoms with E-state index in [1.807, 2.05) is 37.3 Å². The van der Waals surface area contributed by atoms with Gasteiger partial charge in [-0.1, -0.05) is 51.0 Å². The van der Waals surface area contributed by atoms with Crippen LogP contribution >= 0.6 is 0 Å². The molecule has 0 bridgehead atoms. The summed E-state index contributed by atoms with van der Waals surface area (Å²) in [5, 5.41) is 1.24. The standard InChI is InChI=1S/C30H29NO4/c1-4-6-21-8-12-23(13-9-21)29(32)34-27-16-17-28(26-19-31-20(3)18-25(26)27)35-30(33)24-14-10-22(7-5-2)11-15-24/h8-19H,4-7H2,1-3H3. The number of rotatable bonds is 8. The summed E-state index contributed by atoms with van der Waals surface area (Å²) in [4.78, 5) is 30.0. The van der Waals surface area contributed by atoms with Crippen molar-refractivity contribution in [2.24, 2.45) is 0 Å². The van der Waals surface area contributed by atoms with Crippen LogP contribution in [-0.4, -0.2) is 16.9 Å². The van der Waals surface area contributed by atoms with Crippen molar-refractivity contribution < 1.29 is 19.1 Å². The second kappa shape index (κ2) is 11.0. The van der Waals surface area contributed by atoms with Gasteiger partial charge in [0.15, 0.2) is 0 Å². The van der Waals surface area contributed by atoms with Gasteiger partial charge in [-0.15, -0.1) is 0 Å². The van der Waals surface area contributed by atoms with Crippen LogP contribution in [0.5, 0.6) is 11.5 Å². The van der Waals surface area contributed by atoms with E-state index in [1.165, 1.54) is 11.1 Å². The Hall–Kier alpha value is -3.99. The number of carbonyl (C=O) groups excluding carboxylic acids is 2. The lowest BCUT2D eigenvalue weighted by atomic mass is 10.1. The van der Waals surface area contributed by atoms with Crippen LogP contribution < -0.4 is 9.47 Å². The Kier molecular flexibility index (Phi) is 7.56. The molecule has 3 aromatic carbocycles. The highest BCUT2D eigenvalue weighted by atomic mass is 16.5. The summed E-state index contributed by atoms with van der Waals surface area (Å²) in [6, 6.07) is 20.0. The molecule has 0 aliphatic carbocycles. The summed E-state index contributed by atoms with van der Waals surface area (Å²) >= 11 is 0. The van der Waals surface area contributed by atoms with E-state index in [9.17, 15) is 9.59 Å². The number of nitrogens with zero attached hydrogens (tertiary/aromatic N) is 1. The van der Waals surface area contributed by atoms with E-state index in [0.717, 1.165) is 31.4 Å². The third-order valence-corrected chi connectivity index (χ3v) is 5.82. The molecule has 0 amide bonds. The molecule has 5 heteroatoms. The van der Waals surface area contributed by atoms with E-state index in [0.29, 0.717) is 33.4 Å². The zero-order valence-corrected chi connectivity index (χ0v) is 20.3. The number of hydrogen-bond donors (Lipinski definition) is 0. The molecule has 5 nitrogen and oxygen atoms in total. The predicted octanol–water partition coefficient (Wildman–Crippen LogP) is 6.89. The first-order chi connectivity index (χ1) is 17.0. The lowest BCUT2D eigenvalue weighted by Crippen LogP contribution is -2.11. The topological polar surface area (TPSA) is 65.5 Å². The number of carbonyl (C=O) groups is 2. The Balaban J connectivity index is 1.58. The molecule has 0 fully saturated rings. The van der Waals surface area contributed by atoms with Crippen LogP contribution in [0.1, 0.15) is 64.2 Å². The predicted molar refractivity (Wildman–Crippen MR) is 137 cm³/mol. The number of fused-ring (bicyclic) bond motifs is 1. The number of aryl methyl sites for hydroxylation is 3. The van der Waals surface area contributed by atoms with E-state index in [4.69, 9.17) is 9.47 Å². The summed E-state index contributed by atoms with van der Waals surface area (Å²) in [6.07, 6.45) is 5.66. The van der Waals surface area contributed by atoms with Gasteiger partial charge in [0, 0.05) is 22.7 Å². The van der Waals surface area contributed by atoms with Gasteiger partial charge in [0.2, 0.25) is 0 Å². The van der Waals surface area contributed by atoms with E-state index < -0.39 is 11.9 Å². The summed E-state index contributed by atoms with van der Waals surface area (Å²) in [5.74, 6) is -0.150. The molecule has 0 spiro atoms. The van der Waals surface area contributed by atoms with Gasteiger partial charge < -0.3 is 9.47 Å². The summed E-state index contributed by atoms with van der Waals surface area (Å²) in [6.45, 7) is 6.09. The van der Waals surface area contributed by atoms with Gasteiger partial charge in [-0.25, -0.2) is 9.59 Å². The summed E-state index contributed by atoms with van der Waals surface area (Å²) < 4.78 is 11.5. The van der Waals surface area contributed by atoms with Crippen molar-refractivity contribution in [2.45, 2.75) is 46.5 Å². The number of pyridine rings is 1. The maximum absolute atomic E-state index is 12.8. The third-order valence-electron chi connectivity index (χ3n) is 5.82. The van der Waals surface area contributed by atoms with Crippen molar-refractivity contribution >= 4 is 22.7 Å². The minimum Gasteiger partial charge on any atom is -0.422 e. The van der Waals surface area contributed by atoms with Gasteiger partial charge in [-0.3, -0.25) is 4.98 Å². The Morgan fingerprint density at radius 1 is 0.686 bits per heavy atom. The van der Waals surface area contributed by atoms with Crippen molar-refractivity contribution in [3.63, 3.8) is 0 Å². The van der Waals surface area contributed by atoms with Crippen LogP contribution in [0.2, 0.25) is 0 Å². The maximum Gasteiger partial charge on any atom is 0.343 e. The molecule has 4 rings (SSSR count). The van der Waals surface area contributed by atoms with Crippen LogP contribution in [-0.2, 0) is 12.8 Å². The van der Waals surface area contributed by atoms with Crippen molar-refractivity contribution in [2.75, 3.05) is 0 Å². The molecule has 0 aliphatic heterocycles. The van der Waals surface area contributed by atoms with Crippen LogP contribution in [0.3, 0.4) is 0 Å². The first-order valence-electron chi connectivity index (χ1n) is 12.0. The van der Waals surface area contributed by atoms with Gasteiger partial charge in [0.25, 0.3) is 0 Å². The molecule has 0 saturated carbocycles. The molecule has 4 aromatic rings. The van der Waals surface area contributed by atoms with Crippen LogP contribution in [0, 0.1) is 6.92 Å². The summed E-state index contributed by atoms with van der Waals surface area (Å²) in [5.41, 5.74) is 4.07. The SMILES string of the molecule is CCCc1ccc(C(=O)Oc2ccc(OC(=O)c3ccc(CCC)cc3)c3cc(C)ncc23)cc1. The largest absolute Gasteiger partial charge is 0.422 e. The highest BCUT2D eigenvalue weighted by Gasteiger charge is 2.17. The zero-order chi connectivity index (χ0) is 24.8. The van der Waals surface area contributed by atoms with Gasteiger partial charge in [-0.05, 0) is 73.4 Å². The van der Waals surface area contributed by atoms with E-state index >= 15 is 0 Å². The van der Waals surface area contributed by atoms with E-state index in [1.54, 1.807) is 42.6 Å². The number of esters is 2. The van der Waals surface area contributed by atoms with Gasteiger partial charge in [-0.2, -0.15) is 0 Å². The molecule has 1 aromatic heterocycles. The minimum absolute atomic E-state index is 0.360. The highest BCUT2D eigenvalue weighted by Crippen LogP contribution is 2.34. The number of hydrogen-bond acceptors (Lipinski definition) is 5.